The van der Waals surface area contributed by atoms with Crippen LogP contribution in [0.4, 0.5) is 0 Å². The summed E-state index contributed by atoms with van der Waals surface area (Å²) in [6, 6.07) is 9.28. The zero-order valence-electron chi connectivity index (χ0n) is 8.71. The number of nitrogens with zero attached hydrogens (tertiary/aromatic N) is 2. The van der Waals surface area contributed by atoms with E-state index in [-0.39, 0.29) is 18.3 Å². The van der Waals surface area contributed by atoms with Crippen LogP contribution in [0.2, 0.25) is 0 Å². The quantitative estimate of drug-likeness (QED) is 0.732. The van der Waals surface area contributed by atoms with E-state index in [0.29, 0.717) is 5.82 Å². The van der Waals surface area contributed by atoms with Crippen LogP contribution in [-0.2, 0) is 6.61 Å². The molecule has 0 saturated carbocycles. The molecule has 0 fully saturated rings. The Labute approximate surface area is 92.0 Å². The maximum Gasteiger partial charge on any atom is 0.293 e. The van der Waals surface area contributed by atoms with Gasteiger partial charge in [0.25, 0.3) is 5.89 Å². The molecule has 0 aliphatic rings. The Kier molecular flexibility index (Phi) is 2.95. The third kappa shape index (κ3) is 2.44. The highest BCUT2D eigenvalue weighted by atomic mass is 16.5. The number of Topliss-reactive ketones (excluding diaryl/α,β-unsaturated/α-hetero) is 1. The Balaban J connectivity index is 1.97. The standard InChI is InChI=1S/C11H10N2O3/c1-8(14)11-12-10(13-16-11)7-15-9-5-3-2-4-6-9/h2-6H,7H2,1H3. The number of hydrogen-bond acceptors (Lipinski definition) is 5. The summed E-state index contributed by atoms with van der Waals surface area (Å²) in [5.74, 6) is 0.829. The molecule has 0 amide bonds. The molecule has 1 aromatic carbocycles. The van der Waals surface area contributed by atoms with Crippen molar-refractivity contribution in [3.8, 4) is 5.75 Å². The molecule has 0 radical (unpaired) electrons. The Morgan fingerprint density at radius 1 is 1.38 bits per heavy atom. The van der Waals surface area contributed by atoms with E-state index in [1.165, 1.54) is 6.92 Å². The molecule has 0 bridgehead atoms. The highest BCUT2D eigenvalue weighted by Gasteiger charge is 2.10. The maximum atomic E-state index is 10.9. The van der Waals surface area contributed by atoms with E-state index >= 15 is 0 Å². The van der Waals surface area contributed by atoms with Crippen LogP contribution in [-0.4, -0.2) is 15.9 Å². The van der Waals surface area contributed by atoms with Gasteiger partial charge in [-0.25, -0.2) is 0 Å². The van der Waals surface area contributed by atoms with Crippen molar-refractivity contribution in [3.05, 3.63) is 42.0 Å². The lowest BCUT2D eigenvalue weighted by Gasteiger charge is -2.01. The van der Waals surface area contributed by atoms with Crippen molar-refractivity contribution >= 4 is 5.78 Å². The van der Waals surface area contributed by atoms with Gasteiger partial charge in [0, 0.05) is 6.92 Å². The third-order valence-electron chi connectivity index (χ3n) is 1.88. The minimum atomic E-state index is -0.251. The maximum absolute atomic E-state index is 10.9. The summed E-state index contributed by atoms with van der Waals surface area (Å²) < 4.78 is 10.1. The van der Waals surface area contributed by atoms with Crippen molar-refractivity contribution in [3.63, 3.8) is 0 Å². The summed E-state index contributed by atoms with van der Waals surface area (Å²) in [7, 11) is 0. The molecule has 0 aliphatic carbocycles. The predicted molar refractivity (Wildman–Crippen MR) is 55.1 cm³/mol. The fourth-order valence-electron chi connectivity index (χ4n) is 1.12. The van der Waals surface area contributed by atoms with Crippen LogP contribution in [0.5, 0.6) is 5.75 Å². The number of carbonyl (C=O) groups excluding carboxylic acids is 1. The molecule has 2 rings (SSSR count). The predicted octanol–water partition coefficient (Wildman–Crippen LogP) is 1.85. The van der Waals surface area contributed by atoms with Gasteiger partial charge in [-0.2, -0.15) is 4.98 Å². The molecule has 2 aromatic rings. The lowest BCUT2D eigenvalue weighted by Crippen LogP contribution is -1.98. The molecular weight excluding hydrogens is 208 g/mol. The van der Waals surface area contributed by atoms with Gasteiger partial charge in [0.15, 0.2) is 6.61 Å². The third-order valence-corrected chi connectivity index (χ3v) is 1.88. The first-order chi connectivity index (χ1) is 7.75. The Hall–Kier alpha value is -2.17. The van der Waals surface area contributed by atoms with Crippen molar-refractivity contribution < 1.29 is 14.1 Å². The van der Waals surface area contributed by atoms with Crippen LogP contribution in [0.3, 0.4) is 0 Å². The van der Waals surface area contributed by atoms with Crippen molar-refractivity contribution in [2.75, 3.05) is 0 Å². The lowest BCUT2D eigenvalue weighted by atomic mass is 10.3. The molecule has 1 aromatic heterocycles. The fourth-order valence-corrected chi connectivity index (χ4v) is 1.12. The van der Waals surface area contributed by atoms with Gasteiger partial charge in [-0.3, -0.25) is 4.79 Å². The molecule has 0 N–H and O–H groups in total. The number of hydrogen-bond donors (Lipinski definition) is 0. The summed E-state index contributed by atoms with van der Waals surface area (Å²) in [6.07, 6.45) is 0. The molecule has 0 unspecified atom stereocenters. The number of rotatable bonds is 4. The average molecular weight is 218 g/mol. The molecule has 82 valence electrons. The van der Waals surface area contributed by atoms with Crippen LogP contribution >= 0.6 is 0 Å². The van der Waals surface area contributed by atoms with Crippen LogP contribution in [0.1, 0.15) is 23.4 Å². The first-order valence-corrected chi connectivity index (χ1v) is 4.77. The summed E-state index contributed by atoms with van der Waals surface area (Å²) in [6.45, 7) is 1.55. The molecule has 0 aliphatic heterocycles. The summed E-state index contributed by atoms with van der Waals surface area (Å²) >= 11 is 0. The topological polar surface area (TPSA) is 65.2 Å². The van der Waals surface area contributed by atoms with E-state index in [1.54, 1.807) is 0 Å². The summed E-state index contributed by atoms with van der Waals surface area (Å²) in [5, 5.41) is 3.62. The molecule has 0 spiro atoms. The Bertz CT molecular complexity index is 479. The van der Waals surface area contributed by atoms with Crippen LogP contribution in [0.15, 0.2) is 34.9 Å². The molecule has 5 heteroatoms. The zero-order chi connectivity index (χ0) is 11.4. The van der Waals surface area contributed by atoms with E-state index in [1.807, 2.05) is 30.3 Å². The minimum absolute atomic E-state index is 0.00617. The monoisotopic (exact) mass is 218 g/mol. The molecule has 5 nitrogen and oxygen atoms in total. The normalized spacial score (nSPS) is 10.1. The van der Waals surface area contributed by atoms with Gasteiger partial charge in [0.05, 0.1) is 0 Å². The van der Waals surface area contributed by atoms with E-state index < -0.39 is 0 Å². The van der Waals surface area contributed by atoms with Gasteiger partial charge in [0.1, 0.15) is 5.75 Å². The first-order valence-electron chi connectivity index (χ1n) is 4.77. The minimum Gasteiger partial charge on any atom is -0.485 e. The molecular formula is C11H10N2O3. The van der Waals surface area contributed by atoms with Crippen molar-refractivity contribution in [2.24, 2.45) is 0 Å². The highest BCUT2D eigenvalue weighted by Crippen LogP contribution is 2.10. The molecule has 0 saturated heterocycles. The van der Waals surface area contributed by atoms with Crippen molar-refractivity contribution in [1.82, 2.24) is 10.1 Å². The summed E-state index contributed by atoms with van der Waals surface area (Å²) in [5.41, 5.74) is 0. The second-order valence-electron chi connectivity index (χ2n) is 3.17. The van der Waals surface area contributed by atoms with Gasteiger partial charge in [-0.15, -0.1) is 0 Å². The number of aromatic nitrogens is 2. The van der Waals surface area contributed by atoms with Crippen LogP contribution in [0, 0.1) is 0 Å². The van der Waals surface area contributed by atoms with E-state index in [2.05, 4.69) is 10.1 Å². The SMILES string of the molecule is CC(=O)c1nc(COc2ccccc2)no1. The number of carbonyl (C=O) groups is 1. The first kappa shape index (κ1) is 10.4. The van der Waals surface area contributed by atoms with Crippen molar-refractivity contribution in [1.29, 1.82) is 0 Å². The van der Waals surface area contributed by atoms with E-state index in [9.17, 15) is 4.79 Å². The van der Waals surface area contributed by atoms with Gasteiger partial charge >= 0.3 is 0 Å². The molecule has 0 atom stereocenters. The van der Waals surface area contributed by atoms with E-state index in [4.69, 9.17) is 9.26 Å². The van der Waals surface area contributed by atoms with Crippen molar-refractivity contribution in [2.45, 2.75) is 13.5 Å². The lowest BCUT2D eigenvalue weighted by molar-refractivity contribution is 0.0972. The smallest absolute Gasteiger partial charge is 0.293 e. The van der Waals surface area contributed by atoms with E-state index in [0.717, 1.165) is 5.75 Å². The number of ketones is 1. The van der Waals surface area contributed by atoms with Crippen LogP contribution < -0.4 is 4.74 Å². The summed E-state index contributed by atoms with van der Waals surface area (Å²) in [4.78, 5) is 14.8. The van der Waals surface area contributed by atoms with Gasteiger partial charge in [0.2, 0.25) is 11.6 Å². The number of ether oxygens (including phenoxy) is 1. The fraction of sp³-hybridized carbons (Fsp3) is 0.182. The Morgan fingerprint density at radius 3 is 2.75 bits per heavy atom. The number of benzene rings is 1. The van der Waals surface area contributed by atoms with Crippen LogP contribution in [0.25, 0.3) is 0 Å². The zero-order valence-corrected chi connectivity index (χ0v) is 8.71. The Morgan fingerprint density at radius 2 is 2.12 bits per heavy atom. The largest absolute Gasteiger partial charge is 0.485 e. The number of para-hydroxylation sites is 1. The highest BCUT2D eigenvalue weighted by molar-refractivity contribution is 5.89. The second-order valence-corrected chi connectivity index (χ2v) is 3.17. The van der Waals surface area contributed by atoms with Gasteiger partial charge in [-0.1, -0.05) is 23.4 Å². The van der Waals surface area contributed by atoms with Gasteiger partial charge in [-0.05, 0) is 12.1 Å². The molecule has 1 heterocycles. The average Bonchev–Trinajstić information content (AvgIpc) is 2.76. The second kappa shape index (κ2) is 4.57. The van der Waals surface area contributed by atoms with Gasteiger partial charge < -0.3 is 9.26 Å². The molecule has 16 heavy (non-hydrogen) atoms.